The monoisotopic (exact) mass is 300 g/mol. The van der Waals surface area contributed by atoms with E-state index in [-0.39, 0.29) is 11.9 Å². The predicted molar refractivity (Wildman–Crippen MR) is 86.2 cm³/mol. The summed E-state index contributed by atoms with van der Waals surface area (Å²) in [6.07, 6.45) is 0. The Morgan fingerprint density at radius 3 is 2.67 bits per heavy atom. The molecule has 0 bridgehead atoms. The van der Waals surface area contributed by atoms with Crippen LogP contribution in [0, 0.1) is 0 Å². The maximum absolute atomic E-state index is 11.7. The molecule has 1 aliphatic heterocycles. The minimum Gasteiger partial charge on any atom is -0.340 e. The zero-order valence-corrected chi connectivity index (χ0v) is 13.1. The first kappa shape index (κ1) is 14.3. The Kier molecular flexibility index (Phi) is 4.36. The van der Waals surface area contributed by atoms with Crippen LogP contribution in [0.5, 0.6) is 0 Å². The van der Waals surface area contributed by atoms with Gasteiger partial charge in [-0.25, -0.2) is 0 Å². The van der Waals surface area contributed by atoms with Crippen molar-refractivity contribution in [3.63, 3.8) is 0 Å². The number of hydrogen-bond acceptors (Lipinski definition) is 3. The van der Waals surface area contributed by atoms with Crippen LogP contribution in [0.25, 0.3) is 0 Å². The number of rotatable bonds is 3. The molecule has 1 aromatic carbocycles. The van der Waals surface area contributed by atoms with Gasteiger partial charge in [-0.1, -0.05) is 36.4 Å². The number of hydrogen-bond donors (Lipinski definition) is 0. The fourth-order valence-corrected chi connectivity index (χ4v) is 3.62. The number of piperazine rings is 1. The number of amides is 1. The van der Waals surface area contributed by atoms with Gasteiger partial charge < -0.3 is 4.90 Å². The number of carbonyl (C=O) groups excluding carboxylic acids is 1. The van der Waals surface area contributed by atoms with Crippen LogP contribution < -0.4 is 0 Å². The molecule has 1 atom stereocenters. The van der Waals surface area contributed by atoms with Crippen molar-refractivity contribution >= 4 is 17.2 Å². The lowest BCUT2D eigenvalue weighted by Gasteiger charge is -2.41. The number of thiophene rings is 1. The topological polar surface area (TPSA) is 23.6 Å². The van der Waals surface area contributed by atoms with Gasteiger partial charge in [-0.2, -0.15) is 0 Å². The van der Waals surface area contributed by atoms with Crippen molar-refractivity contribution in [2.45, 2.75) is 19.5 Å². The van der Waals surface area contributed by atoms with Crippen LogP contribution in [0.2, 0.25) is 0 Å². The molecular formula is C17H20N2OS. The van der Waals surface area contributed by atoms with Gasteiger partial charge in [-0.05, 0) is 17.0 Å². The lowest BCUT2D eigenvalue weighted by Crippen LogP contribution is -2.49. The van der Waals surface area contributed by atoms with E-state index < -0.39 is 0 Å². The second-order valence-electron chi connectivity index (χ2n) is 5.44. The third kappa shape index (κ3) is 3.34. The Hall–Kier alpha value is -1.65. The number of carbonyl (C=O) groups is 1. The van der Waals surface area contributed by atoms with Gasteiger partial charge in [0, 0.05) is 38.0 Å². The highest BCUT2D eigenvalue weighted by Gasteiger charge is 2.29. The Labute approximate surface area is 129 Å². The fourth-order valence-electron chi connectivity index (χ4n) is 2.89. The highest BCUT2D eigenvalue weighted by Crippen LogP contribution is 2.28. The maximum atomic E-state index is 11.7. The lowest BCUT2D eigenvalue weighted by molar-refractivity contribution is -0.132. The summed E-state index contributed by atoms with van der Waals surface area (Å²) in [5, 5.41) is 2.12. The number of nitrogens with zero attached hydrogens (tertiary/aromatic N) is 2. The first-order valence-corrected chi connectivity index (χ1v) is 8.19. The summed E-state index contributed by atoms with van der Waals surface area (Å²) in [6, 6.07) is 15.1. The Morgan fingerprint density at radius 2 is 2.00 bits per heavy atom. The van der Waals surface area contributed by atoms with Gasteiger partial charge in [0.1, 0.15) is 0 Å². The molecule has 1 fully saturated rings. The molecule has 1 aliphatic rings. The normalized spacial score (nSPS) is 19.7. The van der Waals surface area contributed by atoms with Gasteiger partial charge in [0.2, 0.25) is 5.91 Å². The molecule has 0 N–H and O–H groups in total. The van der Waals surface area contributed by atoms with E-state index in [0.717, 1.165) is 26.2 Å². The third-order valence-corrected chi connectivity index (χ3v) is 4.92. The summed E-state index contributed by atoms with van der Waals surface area (Å²) in [5.41, 5.74) is 1.29. The minimum atomic E-state index is 0.173. The average Bonchev–Trinajstić information content (AvgIpc) is 3.01. The maximum Gasteiger partial charge on any atom is 0.219 e. The van der Waals surface area contributed by atoms with E-state index in [4.69, 9.17) is 0 Å². The standard InChI is InChI=1S/C17H20N2OS/c1-14(20)18-9-10-19(12-16-8-5-11-21-16)17(13-18)15-6-3-2-4-7-15/h2-8,11,17H,9-10,12-13H2,1H3/t17-/m1/s1. The second-order valence-corrected chi connectivity index (χ2v) is 6.47. The van der Waals surface area contributed by atoms with Gasteiger partial charge in [0.15, 0.2) is 0 Å². The first-order valence-electron chi connectivity index (χ1n) is 7.31. The van der Waals surface area contributed by atoms with E-state index in [2.05, 4.69) is 46.7 Å². The van der Waals surface area contributed by atoms with Crippen LogP contribution in [-0.2, 0) is 11.3 Å². The zero-order valence-electron chi connectivity index (χ0n) is 12.2. The average molecular weight is 300 g/mol. The quantitative estimate of drug-likeness (QED) is 0.869. The largest absolute Gasteiger partial charge is 0.340 e. The molecule has 3 rings (SSSR count). The summed E-state index contributed by atoms with van der Waals surface area (Å²) in [5.74, 6) is 0.173. The smallest absolute Gasteiger partial charge is 0.219 e. The van der Waals surface area contributed by atoms with E-state index in [1.54, 1.807) is 18.3 Å². The van der Waals surface area contributed by atoms with E-state index >= 15 is 0 Å². The van der Waals surface area contributed by atoms with Crippen LogP contribution in [0.4, 0.5) is 0 Å². The Balaban J connectivity index is 1.82. The molecule has 4 heteroatoms. The van der Waals surface area contributed by atoms with Gasteiger partial charge in [0.25, 0.3) is 0 Å². The van der Waals surface area contributed by atoms with Crippen molar-refractivity contribution in [1.82, 2.24) is 9.80 Å². The lowest BCUT2D eigenvalue weighted by atomic mass is 10.0. The molecule has 110 valence electrons. The molecule has 0 saturated carbocycles. The summed E-state index contributed by atoms with van der Waals surface area (Å²) in [6.45, 7) is 5.16. The first-order chi connectivity index (χ1) is 10.2. The molecule has 1 aromatic heterocycles. The van der Waals surface area contributed by atoms with Crippen LogP contribution >= 0.6 is 11.3 Å². The van der Waals surface area contributed by atoms with Crippen LogP contribution in [-0.4, -0.2) is 35.3 Å². The van der Waals surface area contributed by atoms with Crippen molar-refractivity contribution in [3.8, 4) is 0 Å². The van der Waals surface area contributed by atoms with E-state index in [1.165, 1.54) is 10.4 Å². The van der Waals surface area contributed by atoms with Gasteiger partial charge in [-0.3, -0.25) is 9.69 Å². The van der Waals surface area contributed by atoms with Gasteiger partial charge in [-0.15, -0.1) is 11.3 Å². The molecular weight excluding hydrogens is 280 g/mol. The highest BCUT2D eigenvalue weighted by atomic mass is 32.1. The summed E-state index contributed by atoms with van der Waals surface area (Å²) in [7, 11) is 0. The third-order valence-electron chi connectivity index (χ3n) is 4.06. The molecule has 2 heterocycles. The Morgan fingerprint density at radius 1 is 1.19 bits per heavy atom. The van der Waals surface area contributed by atoms with E-state index in [0.29, 0.717) is 0 Å². The van der Waals surface area contributed by atoms with Crippen molar-refractivity contribution < 1.29 is 4.79 Å². The van der Waals surface area contributed by atoms with Crippen LogP contribution in [0.1, 0.15) is 23.4 Å². The predicted octanol–water partition coefficient (Wildman–Crippen LogP) is 3.15. The molecule has 0 radical (unpaired) electrons. The van der Waals surface area contributed by atoms with Crippen LogP contribution in [0.3, 0.4) is 0 Å². The molecule has 1 saturated heterocycles. The molecule has 2 aromatic rings. The van der Waals surface area contributed by atoms with Crippen molar-refractivity contribution in [1.29, 1.82) is 0 Å². The molecule has 0 spiro atoms. The van der Waals surface area contributed by atoms with Crippen LogP contribution in [0.15, 0.2) is 47.8 Å². The highest BCUT2D eigenvalue weighted by molar-refractivity contribution is 7.09. The molecule has 0 unspecified atom stereocenters. The minimum absolute atomic E-state index is 0.173. The molecule has 3 nitrogen and oxygen atoms in total. The Bertz CT molecular complexity index is 582. The van der Waals surface area contributed by atoms with Crippen molar-refractivity contribution in [2.75, 3.05) is 19.6 Å². The molecule has 0 aliphatic carbocycles. The van der Waals surface area contributed by atoms with E-state index in [1.807, 2.05) is 11.0 Å². The fraction of sp³-hybridized carbons (Fsp3) is 0.353. The van der Waals surface area contributed by atoms with E-state index in [9.17, 15) is 4.79 Å². The van der Waals surface area contributed by atoms with Gasteiger partial charge in [0.05, 0.1) is 6.04 Å². The SMILES string of the molecule is CC(=O)N1CCN(Cc2cccs2)[C@@H](c2ccccc2)C1. The molecule has 1 amide bonds. The number of benzene rings is 1. The van der Waals surface area contributed by atoms with Crippen molar-refractivity contribution in [3.05, 3.63) is 58.3 Å². The summed E-state index contributed by atoms with van der Waals surface area (Å²) >= 11 is 1.80. The second kappa shape index (κ2) is 6.41. The summed E-state index contributed by atoms with van der Waals surface area (Å²) in [4.78, 5) is 17.5. The molecule has 21 heavy (non-hydrogen) atoms. The zero-order chi connectivity index (χ0) is 14.7. The summed E-state index contributed by atoms with van der Waals surface area (Å²) < 4.78 is 0. The van der Waals surface area contributed by atoms with Gasteiger partial charge >= 0.3 is 0 Å². The van der Waals surface area contributed by atoms with Crippen molar-refractivity contribution in [2.24, 2.45) is 0 Å².